The van der Waals surface area contributed by atoms with Crippen LogP contribution in [0.5, 0.6) is 0 Å². The maximum Gasteiger partial charge on any atom is 0.303 e. The third-order valence-corrected chi connectivity index (χ3v) is 3.62. The number of carboxylic acids is 1. The molecule has 2 rings (SSSR count). The molecule has 1 aromatic heterocycles. The summed E-state index contributed by atoms with van der Waals surface area (Å²) in [5.74, 6) is -0.170. The fourth-order valence-electron chi connectivity index (χ4n) is 1.64. The molecule has 0 radical (unpaired) electrons. The number of rotatable bonds is 5. The smallest absolute Gasteiger partial charge is 0.303 e. The van der Waals surface area contributed by atoms with Gasteiger partial charge in [-0.05, 0) is 29.7 Å². The molecule has 0 unspecified atom stereocenters. The molecule has 0 saturated heterocycles. The van der Waals surface area contributed by atoms with Gasteiger partial charge in [-0.2, -0.15) is 0 Å². The van der Waals surface area contributed by atoms with Crippen LogP contribution in [0.15, 0.2) is 40.0 Å². The van der Waals surface area contributed by atoms with Crippen LogP contribution in [-0.4, -0.2) is 21.8 Å². The number of benzene rings is 1. The first-order chi connectivity index (χ1) is 8.66. The van der Waals surface area contributed by atoms with E-state index < -0.39 is 5.97 Å². The molecule has 0 aliphatic rings. The lowest BCUT2D eigenvalue weighted by molar-refractivity contribution is -0.137. The molecule has 0 fully saturated rings. The largest absolute Gasteiger partial charge is 0.481 e. The molecule has 0 spiro atoms. The molecular weight excluding hydrogens is 250 g/mol. The molecular formula is C13H13NO3S. The Hall–Kier alpha value is -1.75. The number of thioether (sulfide) groups is 1. The number of aromatic amines is 1. The molecule has 94 valence electrons. The lowest BCUT2D eigenvalue weighted by atomic mass is 10.2. The molecule has 0 saturated carbocycles. The van der Waals surface area contributed by atoms with Gasteiger partial charge in [-0.3, -0.25) is 9.59 Å². The van der Waals surface area contributed by atoms with Crippen LogP contribution < -0.4 is 5.56 Å². The predicted octanol–water partition coefficient (Wildman–Crippen LogP) is 2.49. The molecule has 0 aliphatic heterocycles. The molecule has 5 heteroatoms. The molecule has 4 nitrogen and oxygen atoms in total. The Morgan fingerprint density at radius 3 is 2.89 bits per heavy atom. The van der Waals surface area contributed by atoms with E-state index in [1.54, 1.807) is 0 Å². The van der Waals surface area contributed by atoms with Crippen LogP contribution >= 0.6 is 11.8 Å². The van der Waals surface area contributed by atoms with Crippen molar-refractivity contribution in [2.45, 2.75) is 17.7 Å². The van der Waals surface area contributed by atoms with E-state index in [0.717, 1.165) is 10.9 Å². The number of aliphatic carboxylic acids is 1. The molecule has 0 atom stereocenters. The highest BCUT2D eigenvalue weighted by atomic mass is 32.2. The zero-order chi connectivity index (χ0) is 13.0. The van der Waals surface area contributed by atoms with Gasteiger partial charge in [-0.1, -0.05) is 18.2 Å². The second-order valence-corrected chi connectivity index (χ2v) is 5.03. The summed E-state index contributed by atoms with van der Waals surface area (Å²) in [6.07, 6.45) is 0.699. The summed E-state index contributed by atoms with van der Waals surface area (Å²) in [6, 6.07) is 9.43. The monoisotopic (exact) mass is 263 g/mol. The fourth-order valence-corrected chi connectivity index (χ4v) is 2.54. The van der Waals surface area contributed by atoms with Gasteiger partial charge in [0, 0.05) is 11.9 Å². The second-order valence-electron chi connectivity index (χ2n) is 3.90. The van der Waals surface area contributed by atoms with Crippen LogP contribution in [0.4, 0.5) is 0 Å². The van der Waals surface area contributed by atoms with Crippen LogP contribution in [0.25, 0.3) is 10.9 Å². The van der Waals surface area contributed by atoms with Crippen molar-refractivity contribution < 1.29 is 9.90 Å². The first kappa shape index (κ1) is 12.7. The van der Waals surface area contributed by atoms with E-state index in [2.05, 4.69) is 4.98 Å². The summed E-state index contributed by atoms with van der Waals surface area (Å²) in [6.45, 7) is 0. The highest BCUT2D eigenvalue weighted by Crippen LogP contribution is 2.19. The van der Waals surface area contributed by atoms with Crippen molar-refractivity contribution in [2.24, 2.45) is 0 Å². The van der Waals surface area contributed by atoms with E-state index in [-0.39, 0.29) is 12.0 Å². The van der Waals surface area contributed by atoms with Gasteiger partial charge in [-0.25, -0.2) is 0 Å². The van der Waals surface area contributed by atoms with Crippen LogP contribution in [0.3, 0.4) is 0 Å². The zero-order valence-electron chi connectivity index (χ0n) is 9.68. The van der Waals surface area contributed by atoms with Crippen molar-refractivity contribution in [3.8, 4) is 0 Å². The molecule has 2 N–H and O–H groups in total. The first-order valence-electron chi connectivity index (χ1n) is 5.63. The normalized spacial score (nSPS) is 10.7. The van der Waals surface area contributed by atoms with Crippen molar-refractivity contribution in [3.05, 3.63) is 40.7 Å². The Bertz CT molecular complexity index is 621. The van der Waals surface area contributed by atoms with Crippen LogP contribution in [0.1, 0.15) is 12.8 Å². The highest BCUT2D eigenvalue weighted by molar-refractivity contribution is 7.99. The van der Waals surface area contributed by atoms with Gasteiger partial charge in [0.15, 0.2) is 0 Å². The lowest BCUT2D eigenvalue weighted by Crippen LogP contribution is -2.08. The number of nitrogens with one attached hydrogen (secondary N) is 1. The van der Waals surface area contributed by atoms with Crippen molar-refractivity contribution in [3.63, 3.8) is 0 Å². The number of fused-ring (bicyclic) bond motifs is 1. The van der Waals surface area contributed by atoms with Crippen LogP contribution in [-0.2, 0) is 4.79 Å². The number of aromatic nitrogens is 1. The Balaban J connectivity index is 2.11. The number of hydrogen-bond donors (Lipinski definition) is 2. The molecule has 2 aromatic rings. The van der Waals surface area contributed by atoms with Crippen molar-refractivity contribution in [1.82, 2.24) is 4.98 Å². The maximum absolute atomic E-state index is 11.8. The number of para-hydroxylation sites is 1. The lowest BCUT2D eigenvalue weighted by Gasteiger charge is -2.02. The van der Waals surface area contributed by atoms with Gasteiger partial charge < -0.3 is 10.1 Å². The zero-order valence-corrected chi connectivity index (χ0v) is 10.5. The van der Waals surface area contributed by atoms with Gasteiger partial charge in [0.25, 0.3) is 5.56 Å². The minimum atomic E-state index is -0.803. The van der Waals surface area contributed by atoms with Gasteiger partial charge in [-0.15, -0.1) is 11.8 Å². The SMILES string of the molecule is O=C(O)CCCSc1cc2ccccc2[nH]c1=O. The molecule has 0 aliphatic carbocycles. The number of hydrogen-bond acceptors (Lipinski definition) is 3. The Labute approximate surface area is 108 Å². The predicted molar refractivity (Wildman–Crippen MR) is 72.2 cm³/mol. The first-order valence-corrected chi connectivity index (χ1v) is 6.62. The summed E-state index contributed by atoms with van der Waals surface area (Å²) < 4.78 is 0. The van der Waals surface area contributed by atoms with E-state index in [1.807, 2.05) is 30.3 Å². The number of carboxylic acid groups (broad SMARTS) is 1. The quantitative estimate of drug-likeness (QED) is 0.642. The average Bonchev–Trinajstić information content (AvgIpc) is 2.34. The molecule has 0 bridgehead atoms. The van der Waals surface area contributed by atoms with E-state index >= 15 is 0 Å². The third-order valence-electron chi connectivity index (χ3n) is 2.51. The second kappa shape index (κ2) is 5.73. The van der Waals surface area contributed by atoms with Gasteiger partial charge in [0.2, 0.25) is 0 Å². The van der Waals surface area contributed by atoms with E-state index in [1.165, 1.54) is 11.8 Å². The van der Waals surface area contributed by atoms with Gasteiger partial charge in [0.1, 0.15) is 0 Å². The summed E-state index contributed by atoms with van der Waals surface area (Å²) in [4.78, 5) is 25.6. The Kier molecular flexibility index (Phi) is 4.04. The van der Waals surface area contributed by atoms with Crippen LogP contribution in [0, 0.1) is 0 Å². The number of pyridine rings is 1. The third kappa shape index (κ3) is 3.13. The van der Waals surface area contributed by atoms with E-state index in [0.29, 0.717) is 17.1 Å². The summed E-state index contributed by atoms with van der Waals surface area (Å²) >= 11 is 1.40. The molecule has 1 aromatic carbocycles. The van der Waals surface area contributed by atoms with Crippen LogP contribution in [0.2, 0.25) is 0 Å². The minimum Gasteiger partial charge on any atom is -0.481 e. The van der Waals surface area contributed by atoms with Crippen molar-refractivity contribution in [2.75, 3.05) is 5.75 Å². The van der Waals surface area contributed by atoms with E-state index in [4.69, 9.17) is 5.11 Å². The number of H-pyrrole nitrogens is 1. The van der Waals surface area contributed by atoms with Crippen molar-refractivity contribution in [1.29, 1.82) is 0 Å². The number of carbonyl (C=O) groups is 1. The fraction of sp³-hybridized carbons (Fsp3) is 0.231. The Morgan fingerprint density at radius 2 is 2.11 bits per heavy atom. The van der Waals surface area contributed by atoms with Gasteiger partial charge in [0.05, 0.1) is 4.90 Å². The Morgan fingerprint density at radius 1 is 1.33 bits per heavy atom. The standard InChI is InChI=1S/C13H13NO3S/c15-12(16)6-3-7-18-11-8-9-4-1-2-5-10(9)14-13(11)17/h1-2,4-5,8H,3,6-7H2,(H,14,17)(H,15,16). The average molecular weight is 263 g/mol. The molecule has 18 heavy (non-hydrogen) atoms. The highest BCUT2D eigenvalue weighted by Gasteiger charge is 2.04. The van der Waals surface area contributed by atoms with Crippen molar-refractivity contribution >= 4 is 28.6 Å². The maximum atomic E-state index is 11.8. The molecule has 0 amide bonds. The van der Waals surface area contributed by atoms with E-state index in [9.17, 15) is 9.59 Å². The summed E-state index contributed by atoms with van der Waals surface area (Å²) in [5.41, 5.74) is 0.700. The minimum absolute atomic E-state index is 0.117. The molecule has 1 heterocycles. The van der Waals surface area contributed by atoms with Gasteiger partial charge >= 0.3 is 5.97 Å². The summed E-state index contributed by atoms with van der Waals surface area (Å²) in [7, 11) is 0. The topological polar surface area (TPSA) is 70.2 Å². The summed E-state index contributed by atoms with van der Waals surface area (Å²) in [5, 5.41) is 9.51.